The van der Waals surface area contributed by atoms with Crippen LogP contribution in [0.2, 0.25) is 0 Å². The van der Waals surface area contributed by atoms with E-state index in [9.17, 15) is 9.59 Å². The molecule has 0 aliphatic heterocycles. The lowest BCUT2D eigenvalue weighted by Gasteiger charge is -2.04. The molecule has 0 aliphatic carbocycles. The van der Waals surface area contributed by atoms with Gasteiger partial charge in [0.25, 0.3) is 0 Å². The second kappa shape index (κ2) is 7.24. The highest BCUT2D eigenvalue weighted by molar-refractivity contribution is 7.12. The van der Waals surface area contributed by atoms with Gasteiger partial charge in [-0.3, -0.25) is 9.59 Å². The third kappa shape index (κ3) is 3.87. The summed E-state index contributed by atoms with van der Waals surface area (Å²) >= 11 is 1.42. The first-order valence-electron chi connectivity index (χ1n) is 7.62. The zero-order valence-corrected chi connectivity index (χ0v) is 13.5. The van der Waals surface area contributed by atoms with Crippen molar-refractivity contribution in [1.29, 1.82) is 0 Å². The zero-order chi connectivity index (χ0) is 16.1. The van der Waals surface area contributed by atoms with Gasteiger partial charge in [0.15, 0.2) is 5.78 Å². The SMILES string of the molecule is O=C(CCC(=O)c1cccs1)NCCc1c[nH]c2ccccc12. The Hall–Kier alpha value is -2.40. The molecule has 0 bridgehead atoms. The minimum atomic E-state index is -0.0743. The van der Waals surface area contributed by atoms with Crippen LogP contribution in [-0.4, -0.2) is 23.2 Å². The lowest BCUT2D eigenvalue weighted by atomic mass is 10.1. The van der Waals surface area contributed by atoms with E-state index < -0.39 is 0 Å². The molecule has 118 valence electrons. The number of thiophene rings is 1. The number of rotatable bonds is 7. The Kier molecular flexibility index (Phi) is 4.88. The maximum absolute atomic E-state index is 11.8. The van der Waals surface area contributed by atoms with Gasteiger partial charge in [0, 0.05) is 36.5 Å². The fourth-order valence-electron chi connectivity index (χ4n) is 2.55. The van der Waals surface area contributed by atoms with Crippen molar-refractivity contribution in [1.82, 2.24) is 10.3 Å². The van der Waals surface area contributed by atoms with Gasteiger partial charge in [-0.2, -0.15) is 0 Å². The molecule has 0 saturated carbocycles. The van der Waals surface area contributed by atoms with Crippen molar-refractivity contribution >= 4 is 33.9 Å². The monoisotopic (exact) mass is 326 g/mol. The highest BCUT2D eigenvalue weighted by Gasteiger charge is 2.10. The number of amides is 1. The van der Waals surface area contributed by atoms with E-state index in [0.29, 0.717) is 6.54 Å². The predicted molar refractivity (Wildman–Crippen MR) is 92.9 cm³/mol. The van der Waals surface area contributed by atoms with E-state index in [-0.39, 0.29) is 24.5 Å². The van der Waals surface area contributed by atoms with Crippen LogP contribution in [0, 0.1) is 0 Å². The van der Waals surface area contributed by atoms with Gasteiger partial charge in [-0.1, -0.05) is 24.3 Å². The largest absolute Gasteiger partial charge is 0.361 e. The van der Waals surface area contributed by atoms with Crippen LogP contribution < -0.4 is 5.32 Å². The lowest BCUT2D eigenvalue weighted by Crippen LogP contribution is -2.25. The van der Waals surface area contributed by atoms with E-state index >= 15 is 0 Å². The molecule has 2 heterocycles. The Morgan fingerprint density at radius 2 is 1.96 bits per heavy atom. The number of aromatic nitrogens is 1. The van der Waals surface area contributed by atoms with Gasteiger partial charge >= 0.3 is 0 Å². The summed E-state index contributed by atoms with van der Waals surface area (Å²) in [7, 11) is 0. The van der Waals surface area contributed by atoms with Crippen molar-refractivity contribution in [2.45, 2.75) is 19.3 Å². The Labute approximate surface area is 138 Å². The van der Waals surface area contributed by atoms with Crippen LogP contribution in [0.25, 0.3) is 10.9 Å². The molecule has 0 radical (unpaired) electrons. The zero-order valence-electron chi connectivity index (χ0n) is 12.7. The predicted octanol–water partition coefficient (Wildman–Crippen LogP) is 3.55. The fraction of sp³-hybridized carbons (Fsp3) is 0.222. The third-order valence-electron chi connectivity index (χ3n) is 3.77. The summed E-state index contributed by atoms with van der Waals surface area (Å²) in [6, 6.07) is 11.8. The van der Waals surface area contributed by atoms with Crippen molar-refractivity contribution in [3.8, 4) is 0 Å². The molecule has 2 aromatic heterocycles. The maximum Gasteiger partial charge on any atom is 0.220 e. The molecule has 3 aromatic rings. The molecular formula is C18H18N2O2S. The highest BCUT2D eigenvalue weighted by atomic mass is 32.1. The topological polar surface area (TPSA) is 62.0 Å². The lowest BCUT2D eigenvalue weighted by molar-refractivity contribution is -0.121. The standard InChI is InChI=1S/C18H18N2O2S/c21-16(17-6-3-11-23-17)7-8-18(22)19-10-9-13-12-20-15-5-2-1-4-14(13)15/h1-6,11-12,20H,7-10H2,(H,19,22). The van der Waals surface area contributed by atoms with E-state index in [0.717, 1.165) is 16.8 Å². The third-order valence-corrected chi connectivity index (χ3v) is 4.68. The second-order valence-electron chi connectivity index (χ2n) is 5.36. The molecule has 1 amide bonds. The van der Waals surface area contributed by atoms with Crippen LogP contribution in [0.3, 0.4) is 0 Å². The summed E-state index contributed by atoms with van der Waals surface area (Å²) in [5.74, 6) is -0.0403. The number of H-pyrrole nitrogens is 1. The molecule has 3 rings (SSSR count). The average Bonchev–Trinajstić information content (AvgIpc) is 3.23. The van der Waals surface area contributed by atoms with Crippen molar-refractivity contribution in [3.63, 3.8) is 0 Å². The number of hydrogen-bond donors (Lipinski definition) is 2. The number of fused-ring (bicyclic) bond motifs is 1. The summed E-state index contributed by atoms with van der Waals surface area (Å²) in [5, 5.41) is 5.94. The number of para-hydroxylation sites is 1. The first kappa shape index (κ1) is 15.5. The number of hydrogen-bond acceptors (Lipinski definition) is 3. The Bertz CT molecular complexity index is 805. The van der Waals surface area contributed by atoms with E-state index in [2.05, 4.69) is 16.4 Å². The van der Waals surface area contributed by atoms with E-state index in [4.69, 9.17) is 0 Å². The number of aromatic amines is 1. The maximum atomic E-state index is 11.8. The van der Waals surface area contributed by atoms with Gasteiger partial charge in [-0.05, 0) is 29.5 Å². The molecule has 1 aromatic carbocycles. The Morgan fingerprint density at radius 3 is 2.78 bits per heavy atom. The molecular weight excluding hydrogens is 308 g/mol. The minimum absolute atomic E-state index is 0.0341. The van der Waals surface area contributed by atoms with Crippen molar-refractivity contribution in [2.75, 3.05) is 6.54 Å². The van der Waals surface area contributed by atoms with E-state index in [1.807, 2.05) is 35.8 Å². The van der Waals surface area contributed by atoms with Crippen LogP contribution in [0.15, 0.2) is 48.0 Å². The number of benzene rings is 1. The molecule has 4 nitrogen and oxygen atoms in total. The number of Topliss-reactive ketones (excluding diaryl/α,β-unsaturated/α-hetero) is 1. The van der Waals surface area contributed by atoms with Gasteiger partial charge in [-0.25, -0.2) is 0 Å². The average molecular weight is 326 g/mol. The summed E-state index contributed by atoms with van der Waals surface area (Å²) < 4.78 is 0. The minimum Gasteiger partial charge on any atom is -0.361 e. The molecule has 0 aliphatic rings. The first-order chi connectivity index (χ1) is 11.2. The summed E-state index contributed by atoms with van der Waals surface area (Å²) in [6.07, 6.45) is 3.26. The number of ketones is 1. The van der Waals surface area contributed by atoms with Gasteiger partial charge in [-0.15, -0.1) is 11.3 Å². The summed E-state index contributed by atoms with van der Waals surface area (Å²) in [6.45, 7) is 0.577. The van der Waals surface area contributed by atoms with Gasteiger partial charge in [0.2, 0.25) is 5.91 Å². The van der Waals surface area contributed by atoms with E-state index in [1.54, 1.807) is 6.07 Å². The number of carbonyl (C=O) groups excluding carboxylic acids is 2. The second-order valence-corrected chi connectivity index (χ2v) is 6.31. The molecule has 23 heavy (non-hydrogen) atoms. The van der Waals surface area contributed by atoms with Gasteiger partial charge in [0.1, 0.15) is 0 Å². The molecule has 0 fully saturated rings. The highest BCUT2D eigenvalue weighted by Crippen LogP contribution is 2.17. The normalized spacial score (nSPS) is 10.8. The van der Waals surface area contributed by atoms with Crippen molar-refractivity contribution < 1.29 is 9.59 Å². The quantitative estimate of drug-likeness (QED) is 0.652. The van der Waals surface area contributed by atoms with Crippen molar-refractivity contribution in [3.05, 3.63) is 58.4 Å². The Morgan fingerprint density at radius 1 is 1.09 bits per heavy atom. The van der Waals surface area contributed by atoms with Crippen LogP contribution in [0.1, 0.15) is 28.1 Å². The van der Waals surface area contributed by atoms with Crippen molar-refractivity contribution in [2.24, 2.45) is 0 Å². The Balaban J connectivity index is 1.43. The summed E-state index contributed by atoms with van der Waals surface area (Å²) in [5.41, 5.74) is 2.30. The van der Waals surface area contributed by atoms with Crippen LogP contribution in [0.4, 0.5) is 0 Å². The van der Waals surface area contributed by atoms with Gasteiger partial charge in [0.05, 0.1) is 4.88 Å². The van der Waals surface area contributed by atoms with E-state index in [1.165, 1.54) is 22.3 Å². The molecule has 0 saturated heterocycles. The molecule has 2 N–H and O–H groups in total. The first-order valence-corrected chi connectivity index (χ1v) is 8.50. The van der Waals surface area contributed by atoms with Crippen LogP contribution >= 0.6 is 11.3 Å². The smallest absolute Gasteiger partial charge is 0.220 e. The molecule has 0 spiro atoms. The number of carbonyl (C=O) groups is 2. The summed E-state index contributed by atoms with van der Waals surface area (Å²) in [4.78, 5) is 27.6. The molecule has 5 heteroatoms. The van der Waals surface area contributed by atoms with Gasteiger partial charge < -0.3 is 10.3 Å². The fourth-order valence-corrected chi connectivity index (χ4v) is 3.25. The van der Waals surface area contributed by atoms with Crippen LogP contribution in [-0.2, 0) is 11.2 Å². The molecule has 0 unspecified atom stereocenters. The van der Waals surface area contributed by atoms with Crippen LogP contribution in [0.5, 0.6) is 0 Å². The molecule has 0 atom stereocenters. The number of nitrogens with one attached hydrogen (secondary N) is 2.